The van der Waals surface area contributed by atoms with Crippen LogP contribution in [0, 0.1) is 6.57 Å². The van der Waals surface area contributed by atoms with Gasteiger partial charge in [0.25, 0.3) is 5.54 Å². The summed E-state index contributed by atoms with van der Waals surface area (Å²) in [5.41, 5.74) is 1.68. The van der Waals surface area contributed by atoms with Crippen LogP contribution >= 0.6 is 0 Å². The highest BCUT2D eigenvalue weighted by molar-refractivity contribution is 5.33. The molecule has 96 valence electrons. The minimum absolute atomic E-state index is 0.474. The van der Waals surface area contributed by atoms with Gasteiger partial charge >= 0.3 is 0 Å². The zero-order valence-corrected chi connectivity index (χ0v) is 11.3. The lowest BCUT2D eigenvalue weighted by molar-refractivity contribution is 0.306. The first-order chi connectivity index (χ1) is 9.12. The molecule has 2 rings (SSSR count). The average Bonchev–Trinajstić information content (AvgIpc) is 2.47. The van der Waals surface area contributed by atoms with Crippen molar-refractivity contribution in [3.05, 3.63) is 77.1 Å². The zero-order chi connectivity index (χ0) is 13.7. The summed E-state index contributed by atoms with van der Waals surface area (Å²) in [7, 11) is 0. The molecule has 2 aromatic rings. The van der Waals surface area contributed by atoms with E-state index < -0.39 is 5.54 Å². The van der Waals surface area contributed by atoms with Gasteiger partial charge in [-0.05, 0) is 29.8 Å². The molecular weight excluding hydrogens is 234 g/mol. The zero-order valence-electron chi connectivity index (χ0n) is 11.3. The Morgan fingerprint density at radius 2 is 1.63 bits per heavy atom. The fourth-order valence-electron chi connectivity index (χ4n) is 1.76. The number of benzene rings is 2. The van der Waals surface area contributed by atoms with E-state index in [1.165, 1.54) is 0 Å². The summed E-state index contributed by atoms with van der Waals surface area (Å²) in [6, 6.07) is 17.8. The van der Waals surface area contributed by atoms with Crippen LogP contribution in [0.1, 0.15) is 25.0 Å². The third-order valence-corrected chi connectivity index (χ3v) is 3.09. The molecule has 0 aliphatic heterocycles. The third kappa shape index (κ3) is 3.35. The van der Waals surface area contributed by atoms with Crippen molar-refractivity contribution in [2.75, 3.05) is 0 Å². The molecule has 0 aliphatic rings. The highest BCUT2D eigenvalue weighted by Crippen LogP contribution is 2.26. The monoisotopic (exact) mass is 251 g/mol. The van der Waals surface area contributed by atoms with E-state index in [4.69, 9.17) is 11.3 Å². The second-order valence-electron chi connectivity index (χ2n) is 4.97. The van der Waals surface area contributed by atoms with Gasteiger partial charge in [-0.3, -0.25) is 0 Å². The number of hydrogen-bond acceptors (Lipinski definition) is 1. The van der Waals surface area contributed by atoms with E-state index in [1.807, 2.05) is 68.4 Å². The van der Waals surface area contributed by atoms with Gasteiger partial charge in [-0.1, -0.05) is 30.3 Å². The Morgan fingerprint density at radius 3 is 2.21 bits per heavy atom. The summed E-state index contributed by atoms with van der Waals surface area (Å²) in [5.74, 6) is 0.827. The molecule has 2 heteroatoms. The normalized spacial score (nSPS) is 10.8. The van der Waals surface area contributed by atoms with Crippen LogP contribution < -0.4 is 4.74 Å². The molecule has 0 aromatic heterocycles. The molecule has 2 nitrogen and oxygen atoms in total. The summed E-state index contributed by atoms with van der Waals surface area (Å²) in [5, 5.41) is 0. The predicted molar refractivity (Wildman–Crippen MR) is 76.8 cm³/mol. The highest BCUT2D eigenvalue weighted by Gasteiger charge is 2.25. The van der Waals surface area contributed by atoms with Crippen molar-refractivity contribution in [3.63, 3.8) is 0 Å². The Labute approximate surface area is 114 Å². The maximum atomic E-state index is 7.18. The second kappa shape index (κ2) is 5.58. The summed E-state index contributed by atoms with van der Waals surface area (Å²) >= 11 is 0. The van der Waals surface area contributed by atoms with Crippen LogP contribution in [0.5, 0.6) is 5.75 Å². The van der Waals surface area contributed by atoms with Crippen LogP contribution in [-0.4, -0.2) is 0 Å². The quantitative estimate of drug-likeness (QED) is 0.733. The first-order valence-corrected chi connectivity index (χ1v) is 6.28. The van der Waals surface area contributed by atoms with Crippen molar-refractivity contribution in [1.29, 1.82) is 0 Å². The van der Waals surface area contributed by atoms with E-state index in [-0.39, 0.29) is 0 Å². The van der Waals surface area contributed by atoms with Crippen LogP contribution in [0.15, 0.2) is 54.6 Å². The minimum Gasteiger partial charge on any atom is -0.489 e. The molecule has 0 heterocycles. The molecule has 19 heavy (non-hydrogen) atoms. The summed E-state index contributed by atoms with van der Waals surface area (Å²) in [6.45, 7) is 11.6. The maximum Gasteiger partial charge on any atom is 0.252 e. The molecule has 0 aliphatic carbocycles. The van der Waals surface area contributed by atoms with Gasteiger partial charge in [-0.25, -0.2) is 6.57 Å². The van der Waals surface area contributed by atoms with Gasteiger partial charge < -0.3 is 9.58 Å². The van der Waals surface area contributed by atoms with Gasteiger partial charge in [0.2, 0.25) is 0 Å². The lowest BCUT2D eigenvalue weighted by Gasteiger charge is -2.12. The molecule has 0 unspecified atom stereocenters. The van der Waals surface area contributed by atoms with Gasteiger partial charge in [0.15, 0.2) is 0 Å². The lowest BCUT2D eigenvalue weighted by atomic mass is 9.95. The Balaban J connectivity index is 2.02. The van der Waals surface area contributed by atoms with E-state index in [2.05, 4.69) is 4.85 Å². The summed E-state index contributed by atoms with van der Waals surface area (Å²) < 4.78 is 5.72. The van der Waals surface area contributed by atoms with E-state index in [1.54, 1.807) is 0 Å². The maximum absolute atomic E-state index is 7.18. The largest absolute Gasteiger partial charge is 0.489 e. The van der Waals surface area contributed by atoms with Crippen LogP contribution in [0.3, 0.4) is 0 Å². The first kappa shape index (κ1) is 13.2. The van der Waals surface area contributed by atoms with Crippen molar-refractivity contribution < 1.29 is 4.74 Å². The molecule has 0 spiro atoms. The Hall–Kier alpha value is -2.27. The molecular formula is C17H17NO. The molecule has 0 fully saturated rings. The SMILES string of the molecule is [C-]#[N+]C(C)(C)c1ccc(OCc2ccccc2)cc1. The molecule has 0 radical (unpaired) electrons. The highest BCUT2D eigenvalue weighted by atomic mass is 16.5. The van der Waals surface area contributed by atoms with E-state index in [9.17, 15) is 0 Å². The number of nitrogens with zero attached hydrogens (tertiary/aromatic N) is 1. The van der Waals surface area contributed by atoms with E-state index >= 15 is 0 Å². The fraction of sp³-hybridized carbons (Fsp3) is 0.235. The van der Waals surface area contributed by atoms with Crippen molar-refractivity contribution in [2.45, 2.75) is 26.0 Å². The van der Waals surface area contributed by atoms with Gasteiger partial charge in [-0.15, -0.1) is 0 Å². The first-order valence-electron chi connectivity index (χ1n) is 6.28. The van der Waals surface area contributed by atoms with E-state index in [0.29, 0.717) is 6.61 Å². The summed E-state index contributed by atoms with van der Waals surface area (Å²) in [4.78, 5) is 3.62. The van der Waals surface area contributed by atoms with Gasteiger partial charge in [-0.2, -0.15) is 0 Å². The topological polar surface area (TPSA) is 13.6 Å². The summed E-state index contributed by atoms with van der Waals surface area (Å²) in [6.07, 6.45) is 0. The number of ether oxygens (including phenoxy) is 1. The Kier molecular flexibility index (Phi) is 3.87. The molecule has 0 saturated carbocycles. The van der Waals surface area contributed by atoms with Gasteiger partial charge in [0.1, 0.15) is 12.4 Å². The van der Waals surface area contributed by atoms with Crippen molar-refractivity contribution in [3.8, 4) is 5.75 Å². The Morgan fingerprint density at radius 1 is 1.00 bits per heavy atom. The molecule has 2 aromatic carbocycles. The minimum atomic E-state index is -0.474. The Bertz CT molecular complexity index is 564. The van der Waals surface area contributed by atoms with Gasteiger partial charge in [0.05, 0.1) is 0 Å². The van der Waals surface area contributed by atoms with Crippen LogP contribution in [0.25, 0.3) is 4.85 Å². The smallest absolute Gasteiger partial charge is 0.252 e. The standard InChI is InChI=1S/C17H17NO/c1-17(2,18-3)15-9-11-16(12-10-15)19-13-14-7-5-4-6-8-14/h4-12H,13H2,1-2H3. The fourth-order valence-corrected chi connectivity index (χ4v) is 1.76. The van der Waals surface area contributed by atoms with Crippen LogP contribution in [0.4, 0.5) is 0 Å². The second-order valence-corrected chi connectivity index (χ2v) is 4.97. The van der Waals surface area contributed by atoms with Crippen LogP contribution in [0.2, 0.25) is 0 Å². The molecule has 0 amide bonds. The average molecular weight is 251 g/mol. The lowest BCUT2D eigenvalue weighted by Crippen LogP contribution is -2.10. The molecule has 0 saturated heterocycles. The van der Waals surface area contributed by atoms with Crippen LogP contribution in [-0.2, 0) is 12.1 Å². The van der Waals surface area contributed by atoms with Crippen molar-refractivity contribution >= 4 is 0 Å². The molecule has 0 atom stereocenters. The third-order valence-electron chi connectivity index (χ3n) is 3.09. The molecule has 0 bridgehead atoms. The van der Waals surface area contributed by atoms with Crippen molar-refractivity contribution in [2.24, 2.45) is 0 Å². The predicted octanol–water partition coefficient (Wildman–Crippen LogP) is 4.42. The van der Waals surface area contributed by atoms with E-state index in [0.717, 1.165) is 16.9 Å². The van der Waals surface area contributed by atoms with Gasteiger partial charge in [0, 0.05) is 19.4 Å². The van der Waals surface area contributed by atoms with Crippen molar-refractivity contribution in [1.82, 2.24) is 0 Å². The molecule has 0 N–H and O–H groups in total. The number of rotatable bonds is 4. The number of hydrogen-bond donors (Lipinski definition) is 0.